The summed E-state index contributed by atoms with van der Waals surface area (Å²) in [6.45, 7) is 3.26. The molecule has 1 aromatic heterocycles. The number of methoxy groups -OCH3 is 1. The van der Waals surface area contributed by atoms with Crippen LogP contribution in [-0.4, -0.2) is 30.0 Å². The van der Waals surface area contributed by atoms with Gasteiger partial charge in [0.1, 0.15) is 11.9 Å². The van der Waals surface area contributed by atoms with E-state index in [0.29, 0.717) is 17.1 Å². The molecular weight excluding hydrogens is 303 g/mol. The zero-order valence-electron chi connectivity index (χ0n) is 13.1. The molecule has 6 nitrogen and oxygen atoms in total. The maximum atomic E-state index is 12.9. The summed E-state index contributed by atoms with van der Waals surface area (Å²) in [6.07, 6.45) is 0.171. The van der Waals surface area contributed by atoms with E-state index < -0.39 is 17.9 Å². The highest BCUT2D eigenvalue weighted by Gasteiger charge is 2.25. The van der Waals surface area contributed by atoms with Crippen molar-refractivity contribution in [1.29, 1.82) is 0 Å². The third kappa shape index (κ3) is 4.15. The van der Waals surface area contributed by atoms with Crippen LogP contribution in [0, 0.1) is 19.7 Å². The van der Waals surface area contributed by atoms with Gasteiger partial charge >= 0.3 is 5.97 Å². The quantitative estimate of drug-likeness (QED) is 0.852. The number of hydrogen-bond donors (Lipinski definition) is 1. The number of amides is 1. The molecule has 1 N–H and O–H groups in total. The number of ether oxygens (including phenoxy) is 1. The molecule has 0 saturated heterocycles. The predicted octanol–water partition coefficient (Wildman–Crippen LogP) is 1.94. The minimum atomic E-state index is -0.914. The molecule has 1 aromatic carbocycles. The van der Waals surface area contributed by atoms with Crippen LogP contribution in [0.1, 0.15) is 27.7 Å². The Hall–Kier alpha value is -2.70. The highest BCUT2D eigenvalue weighted by Crippen LogP contribution is 2.11. The van der Waals surface area contributed by atoms with Crippen molar-refractivity contribution in [1.82, 2.24) is 10.3 Å². The Morgan fingerprint density at radius 2 is 1.96 bits per heavy atom. The zero-order valence-corrected chi connectivity index (χ0v) is 13.1. The largest absolute Gasteiger partial charge is 0.467 e. The SMILES string of the molecule is COC(=O)[C@@H](Cc1ccc(F)cc1)NC(=O)c1oc(C)nc1C. The molecule has 122 valence electrons. The zero-order chi connectivity index (χ0) is 17.0. The third-order valence-corrected chi connectivity index (χ3v) is 3.25. The highest BCUT2D eigenvalue weighted by molar-refractivity contribution is 5.95. The number of hydrogen-bond acceptors (Lipinski definition) is 5. The van der Waals surface area contributed by atoms with Gasteiger partial charge in [-0.3, -0.25) is 4.79 Å². The summed E-state index contributed by atoms with van der Waals surface area (Å²) in [4.78, 5) is 28.1. The lowest BCUT2D eigenvalue weighted by molar-refractivity contribution is -0.142. The standard InChI is InChI=1S/C16H17FN2O4/c1-9-14(23-10(2)18-9)15(20)19-13(16(21)22-3)8-11-4-6-12(17)7-5-11/h4-7,13H,8H2,1-3H3,(H,19,20)/t13-/m1/s1. The number of benzene rings is 1. The van der Waals surface area contributed by atoms with Gasteiger partial charge < -0.3 is 14.5 Å². The molecule has 0 fully saturated rings. The first kappa shape index (κ1) is 16.7. The van der Waals surface area contributed by atoms with Crippen molar-refractivity contribution in [2.45, 2.75) is 26.3 Å². The van der Waals surface area contributed by atoms with Crippen molar-refractivity contribution in [3.63, 3.8) is 0 Å². The molecule has 0 aliphatic carbocycles. The normalized spacial score (nSPS) is 11.8. The average Bonchev–Trinajstić information content (AvgIpc) is 2.86. The van der Waals surface area contributed by atoms with Crippen molar-refractivity contribution in [3.05, 3.63) is 53.0 Å². The Morgan fingerprint density at radius 1 is 1.30 bits per heavy atom. The second kappa shape index (κ2) is 7.04. The third-order valence-electron chi connectivity index (χ3n) is 3.25. The van der Waals surface area contributed by atoms with Crippen molar-refractivity contribution in [3.8, 4) is 0 Å². The number of aryl methyl sites for hydroxylation is 2. The molecule has 1 amide bonds. The van der Waals surface area contributed by atoms with Crippen LogP contribution in [0.25, 0.3) is 0 Å². The summed E-state index contributed by atoms with van der Waals surface area (Å²) in [5.74, 6) is -1.12. The van der Waals surface area contributed by atoms with E-state index in [-0.39, 0.29) is 18.0 Å². The van der Waals surface area contributed by atoms with Gasteiger partial charge in [-0.15, -0.1) is 0 Å². The molecule has 0 bridgehead atoms. The van der Waals surface area contributed by atoms with Crippen molar-refractivity contribution < 1.29 is 23.1 Å². The van der Waals surface area contributed by atoms with Crippen LogP contribution >= 0.6 is 0 Å². The first-order chi connectivity index (χ1) is 10.9. The summed E-state index contributed by atoms with van der Waals surface area (Å²) >= 11 is 0. The van der Waals surface area contributed by atoms with Gasteiger partial charge in [0, 0.05) is 13.3 Å². The Morgan fingerprint density at radius 3 is 2.48 bits per heavy atom. The van der Waals surface area contributed by atoms with E-state index >= 15 is 0 Å². The average molecular weight is 320 g/mol. The summed E-state index contributed by atoms with van der Waals surface area (Å²) in [5.41, 5.74) is 1.12. The molecule has 2 aromatic rings. The number of aromatic nitrogens is 1. The summed E-state index contributed by atoms with van der Waals surface area (Å²) in [7, 11) is 1.23. The molecule has 2 rings (SSSR count). The lowest BCUT2D eigenvalue weighted by atomic mass is 10.1. The van der Waals surface area contributed by atoms with Crippen molar-refractivity contribution in [2.75, 3.05) is 7.11 Å². The fourth-order valence-corrected chi connectivity index (χ4v) is 2.16. The molecule has 1 atom stereocenters. The van der Waals surface area contributed by atoms with E-state index in [1.807, 2.05) is 0 Å². The minimum absolute atomic E-state index is 0.0514. The maximum absolute atomic E-state index is 12.9. The second-order valence-electron chi connectivity index (χ2n) is 5.03. The van der Waals surface area contributed by atoms with Crippen LogP contribution in [0.15, 0.2) is 28.7 Å². The smallest absolute Gasteiger partial charge is 0.328 e. The number of halogens is 1. The van der Waals surface area contributed by atoms with Crippen molar-refractivity contribution in [2.24, 2.45) is 0 Å². The number of nitrogens with zero attached hydrogens (tertiary/aromatic N) is 1. The van der Waals surface area contributed by atoms with Gasteiger partial charge in [-0.25, -0.2) is 14.2 Å². The molecule has 0 radical (unpaired) electrons. The van der Waals surface area contributed by atoms with Crippen LogP contribution in [0.2, 0.25) is 0 Å². The molecule has 0 saturated carbocycles. The number of rotatable bonds is 5. The number of oxazole rings is 1. The van der Waals surface area contributed by atoms with Gasteiger partial charge in [-0.1, -0.05) is 12.1 Å². The summed E-state index contributed by atoms with van der Waals surface area (Å²) in [6, 6.07) is 4.75. The van der Waals surface area contributed by atoms with E-state index in [1.165, 1.54) is 19.2 Å². The Labute approximate surface area is 132 Å². The lowest BCUT2D eigenvalue weighted by Crippen LogP contribution is -2.43. The monoisotopic (exact) mass is 320 g/mol. The van der Waals surface area contributed by atoms with E-state index in [0.717, 1.165) is 0 Å². The summed E-state index contributed by atoms with van der Waals surface area (Å²) in [5, 5.41) is 2.56. The topological polar surface area (TPSA) is 81.4 Å². The molecule has 7 heteroatoms. The van der Waals surface area contributed by atoms with E-state index in [4.69, 9.17) is 9.15 Å². The number of nitrogens with one attached hydrogen (secondary N) is 1. The van der Waals surface area contributed by atoms with Crippen LogP contribution < -0.4 is 5.32 Å². The van der Waals surface area contributed by atoms with Crippen molar-refractivity contribution >= 4 is 11.9 Å². The molecular formula is C16H17FN2O4. The first-order valence-electron chi connectivity index (χ1n) is 6.98. The van der Waals surface area contributed by atoms with Crippen LogP contribution in [-0.2, 0) is 16.0 Å². The second-order valence-corrected chi connectivity index (χ2v) is 5.03. The number of esters is 1. The Kier molecular flexibility index (Phi) is 5.10. The molecule has 0 aliphatic heterocycles. The fraction of sp³-hybridized carbons (Fsp3) is 0.312. The van der Waals surface area contributed by atoms with Crippen LogP contribution in [0.4, 0.5) is 4.39 Å². The van der Waals surface area contributed by atoms with Gasteiger partial charge in [0.05, 0.1) is 12.8 Å². The molecule has 1 heterocycles. The van der Waals surface area contributed by atoms with Gasteiger partial charge in [-0.05, 0) is 24.6 Å². The fourth-order valence-electron chi connectivity index (χ4n) is 2.16. The molecule has 0 unspecified atom stereocenters. The molecule has 0 spiro atoms. The van der Waals surface area contributed by atoms with E-state index in [9.17, 15) is 14.0 Å². The number of carbonyl (C=O) groups is 2. The minimum Gasteiger partial charge on any atom is -0.467 e. The van der Waals surface area contributed by atoms with Gasteiger partial charge in [-0.2, -0.15) is 0 Å². The van der Waals surface area contributed by atoms with Gasteiger partial charge in [0.15, 0.2) is 5.89 Å². The van der Waals surface area contributed by atoms with Gasteiger partial charge in [0.2, 0.25) is 5.76 Å². The Balaban J connectivity index is 2.15. The van der Waals surface area contributed by atoms with Crippen LogP contribution in [0.5, 0.6) is 0 Å². The maximum Gasteiger partial charge on any atom is 0.328 e. The van der Waals surface area contributed by atoms with Crippen LogP contribution in [0.3, 0.4) is 0 Å². The number of carbonyl (C=O) groups excluding carboxylic acids is 2. The van der Waals surface area contributed by atoms with E-state index in [1.54, 1.807) is 26.0 Å². The first-order valence-corrected chi connectivity index (χ1v) is 6.98. The molecule has 23 heavy (non-hydrogen) atoms. The predicted molar refractivity (Wildman–Crippen MR) is 79.4 cm³/mol. The van der Waals surface area contributed by atoms with Gasteiger partial charge in [0.25, 0.3) is 5.91 Å². The highest BCUT2D eigenvalue weighted by atomic mass is 19.1. The molecule has 0 aliphatic rings. The van der Waals surface area contributed by atoms with E-state index in [2.05, 4.69) is 10.3 Å². The Bertz CT molecular complexity index is 709. The lowest BCUT2D eigenvalue weighted by Gasteiger charge is -2.16. The summed E-state index contributed by atoms with van der Waals surface area (Å²) < 4.78 is 22.9.